The normalized spacial score (nSPS) is 10.3. The summed E-state index contributed by atoms with van der Waals surface area (Å²) >= 11 is 5.80. The fraction of sp³-hybridized carbons (Fsp3) is 0.0526. The highest BCUT2D eigenvalue weighted by Gasteiger charge is 2.07. The first-order chi connectivity index (χ1) is 12.1. The van der Waals surface area contributed by atoms with Gasteiger partial charge in [-0.2, -0.15) is 0 Å². The van der Waals surface area contributed by atoms with Crippen LogP contribution in [0.5, 0.6) is 0 Å². The van der Waals surface area contributed by atoms with E-state index in [0.29, 0.717) is 28.5 Å². The van der Waals surface area contributed by atoms with Crippen molar-refractivity contribution in [2.75, 3.05) is 10.6 Å². The SMILES string of the molecule is O=C(Nc1ccc(NCc2ccccc2F)cn1)c1ccc(Cl)cc1. The van der Waals surface area contributed by atoms with Crippen LogP contribution in [-0.2, 0) is 6.54 Å². The van der Waals surface area contributed by atoms with Crippen molar-refractivity contribution in [1.82, 2.24) is 4.98 Å². The van der Waals surface area contributed by atoms with Crippen LogP contribution in [0.2, 0.25) is 5.02 Å². The standard InChI is InChI=1S/C19H15ClFN3O/c20-15-7-5-13(6-8-15)19(25)24-18-10-9-16(12-23-18)22-11-14-3-1-2-4-17(14)21/h1-10,12,22H,11H2,(H,23,24,25). The number of nitrogens with one attached hydrogen (secondary N) is 2. The van der Waals surface area contributed by atoms with Gasteiger partial charge < -0.3 is 10.6 Å². The first-order valence-corrected chi connectivity index (χ1v) is 8.00. The number of hydrogen-bond acceptors (Lipinski definition) is 3. The molecule has 3 rings (SSSR count). The molecule has 0 saturated carbocycles. The topological polar surface area (TPSA) is 54.0 Å². The highest BCUT2D eigenvalue weighted by molar-refractivity contribution is 6.30. The van der Waals surface area contributed by atoms with Gasteiger partial charge in [0.15, 0.2) is 0 Å². The third kappa shape index (κ3) is 4.55. The average Bonchev–Trinajstić information content (AvgIpc) is 2.63. The molecule has 2 N–H and O–H groups in total. The van der Waals surface area contributed by atoms with Gasteiger partial charge in [-0.1, -0.05) is 29.8 Å². The van der Waals surface area contributed by atoms with Crippen LogP contribution in [-0.4, -0.2) is 10.9 Å². The van der Waals surface area contributed by atoms with Gasteiger partial charge in [-0.25, -0.2) is 9.37 Å². The summed E-state index contributed by atoms with van der Waals surface area (Å²) in [5.74, 6) is -0.0950. The number of benzene rings is 2. The molecule has 0 saturated heterocycles. The zero-order chi connectivity index (χ0) is 17.6. The molecule has 3 aromatic rings. The molecular weight excluding hydrogens is 341 g/mol. The molecule has 0 fully saturated rings. The maximum atomic E-state index is 13.6. The predicted molar refractivity (Wildman–Crippen MR) is 97.4 cm³/mol. The quantitative estimate of drug-likeness (QED) is 0.695. The molecular formula is C19H15ClFN3O. The van der Waals surface area contributed by atoms with Gasteiger partial charge in [0, 0.05) is 22.7 Å². The Labute approximate surface area is 149 Å². The molecule has 4 nitrogen and oxygen atoms in total. The van der Waals surface area contributed by atoms with Crippen LogP contribution in [0.1, 0.15) is 15.9 Å². The van der Waals surface area contributed by atoms with E-state index in [0.717, 1.165) is 5.69 Å². The van der Waals surface area contributed by atoms with Crippen molar-refractivity contribution in [2.45, 2.75) is 6.54 Å². The van der Waals surface area contributed by atoms with Crippen molar-refractivity contribution in [3.63, 3.8) is 0 Å². The Kier molecular flexibility index (Phi) is 5.26. The third-order valence-corrected chi connectivity index (χ3v) is 3.80. The van der Waals surface area contributed by atoms with Gasteiger partial charge in [0.25, 0.3) is 5.91 Å². The highest BCUT2D eigenvalue weighted by Crippen LogP contribution is 2.15. The molecule has 0 radical (unpaired) electrons. The lowest BCUT2D eigenvalue weighted by molar-refractivity contribution is 0.102. The summed E-state index contributed by atoms with van der Waals surface area (Å²) in [6.45, 7) is 0.352. The van der Waals surface area contributed by atoms with Gasteiger partial charge in [0.05, 0.1) is 11.9 Å². The Hall–Kier alpha value is -2.92. The summed E-state index contributed by atoms with van der Waals surface area (Å²) < 4.78 is 13.6. The lowest BCUT2D eigenvalue weighted by Gasteiger charge is -2.09. The van der Waals surface area contributed by atoms with Gasteiger partial charge >= 0.3 is 0 Å². The Balaban J connectivity index is 1.59. The Morgan fingerprint density at radius 3 is 2.48 bits per heavy atom. The van der Waals surface area contributed by atoms with E-state index in [4.69, 9.17) is 11.6 Å². The number of aromatic nitrogens is 1. The van der Waals surface area contributed by atoms with Crippen LogP contribution >= 0.6 is 11.6 Å². The molecule has 0 atom stereocenters. The summed E-state index contributed by atoms with van der Waals surface area (Å²) in [6, 6.07) is 16.6. The van der Waals surface area contributed by atoms with Crippen molar-refractivity contribution < 1.29 is 9.18 Å². The molecule has 1 amide bonds. The molecule has 0 aliphatic rings. The number of pyridine rings is 1. The van der Waals surface area contributed by atoms with Crippen LogP contribution in [0.3, 0.4) is 0 Å². The number of anilines is 2. The first-order valence-electron chi connectivity index (χ1n) is 7.62. The molecule has 0 bridgehead atoms. The van der Waals surface area contributed by atoms with E-state index in [2.05, 4.69) is 15.6 Å². The number of halogens is 2. The summed E-state index contributed by atoms with van der Waals surface area (Å²) in [5, 5.41) is 6.37. The van der Waals surface area contributed by atoms with Gasteiger partial charge in [0.1, 0.15) is 11.6 Å². The molecule has 2 aromatic carbocycles. The van der Waals surface area contributed by atoms with Crippen LogP contribution in [0.4, 0.5) is 15.9 Å². The average molecular weight is 356 g/mol. The smallest absolute Gasteiger partial charge is 0.256 e. The summed E-state index contributed by atoms with van der Waals surface area (Å²) in [5.41, 5.74) is 1.79. The van der Waals surface area contributed by atoms with Gasteiger partial charge in [-0.3, -0.25) is 4.79 Å². The lowest BCUT2D eigenvalue weighted by atomic mass is 10.2. The van der Waals surface area contributed by atoms with Crippen LogP contribution in [0.25, 0.3) is 0 Å². The zero-order valence-corrected chi connectivity index (χ0v) is 13.9. The van der Waals surface area contributed by atoms with Crippen molar-refractivity contribution >= 4 is 29.0 Å². The summed E-state index contributed by atoms with van der Waals surface area (Å²) in [6.07, 6.45) is 1.58. The molecule has 6 heteroatoms. The van der Waals surface area contributed by atoms with E-state index < -0.39 is 0 Å². The number of rotatable bonds is 5. The van der Waals surface area contributed by atoms with Gasteiger partial charge in [-0.05, 0) is 42.5 Å². The van der Waals surface area contributed by atoms with Crippen LogP contribution < -0.4 is 10.6 Å². The first kappa shape index (κ1) is 16.9. The molecule has 1 heterocycles. The number of carbonyl (C=O) groups excluding carboxylic acids is 1. The fourth-order valence-electron chi connectivity index (χ4n) is 2.20. The minimum absolute atomic E-state index is 0.255. The number of amides is 1. The van der Waals surface area contributed by atoms with E-state index in [1.165, 1.54) is 6.07 Å². The second-order valence-electron chi connectivity index (χ2n) is 5.34. The minimum Gasteiger partial charge on any atom is -0.380 e. The molecule has 126 valence electrons. The highest BCUT2D eigenvalue weighted by atomic mass is 35.5. The van der Waals surface area contributed by atoms with Gasteiger partial charge in [-0.15, -0.1) is 0 Å². The number of nitrogens with zero attached hydrogens (tertiary/aromatic N) is 1. The number of carbonyl (C=O) groups is 1. The lowest BCUT2D eigenvalue weighted by Crippen LogP contribution is -2.12. The maximum absolute atomic E-state index is 13.6. The molecule has 1 aromatic heterocycles. The van der Waals surface area contributed by atoms with E-state index >= 15 is 0 Å². The van der Waals surface area contributed by atoms with Crippen molar-refractivity contribution in [3.05, 3.63) is 88.8 Å². The fourth-order valence-corrected chi connectivity index (χ4v) is 2.33. The minimum atomic E-state index is -0.267. The summed E-state index contributed by atoms with van der Waals surface area (Å²) in [7, 11) is 0. The monoisotopic (exact) mass is 355 g/mol. The molecule has 0 aliphatic heterocycles. The van der Waals surface area contributed by atoms with E-state index in [1.54, 1.807) is 60.8 Å². The maximum Gasteiger partial charge on any atom is 0.256 e. The Morgan fingerprint density at radius 1 is 1.04 bits per heavy atom. The predicted octanol–water partition coefficient (Wildman–Crippen LogP) is 4.74. The van der Waals surface area contributed by atoms with E-state index in [9.17, 15) is 9.18 Å². The van der Waals surface area contributed by atoms with E-state index in [1.807, 2.05) is 0 Å². The molecule has 25 heavy (non-hydrogen) atoms. The molecule has 0 unspecified atom stereocenters. The number of hydrogen-bond donors (Lipinski definition) is 2. The zero-order valence-electron chi connectivity index (χ0n) is 13.2. The summed E-state index contributed by atoms with van der Waals surface area (Å²) in [4.78, 5) is 16.3. The van der Waals surface area contributed by atoms with Crippen LogP contribution in [0, 0.1) is 5.82 Å². The second kappa shape index (κ2) is 7.77. The van der Waals surface area contributed by atoms with E-state index in [-0.39, 0.29) is 11.7 Å². The Bertz CT molecular complexity index is 867. The van der Waals surface area contributed by atoms with Crippen LogP contribution in [0.15, 0.2) is 66.9 Å². The van der Waals surface area contributed by atoms with Crippen molar-refractivity contribution in [3.8, 4) is 0 Å². The van der Waals surface area contributed by atoms with Crippen molar-refractivity contribution in [2.24, 2.45) is 0 Å². The van der Waals surface area contributed by atoms with Gasteiger partial charge in [0.2, 0.25) is 0 Å². The molecule has 0 spiro atoms. The van der Waals surface area contributed by atoms with Crippen molar-refractivity contribution in [1.29, 1.82) is 0 Å². The Morgan fingerprint density at radius 2 is 1.80 bits per heavy atom. The largest absolute Gasteiger partial charge is 0.380 e. The third-order valence-electron chi connectivity index (χ3n) is 3.55. The second-order valence-corrected chi connectivity index (χ2v) is 5.77. The molecule has 0 aliphatic carbocycles.